The Bertz CT molecular complexity index is 459. The molecule has 2 aliphatic rings. The zero-order valence-electron chi connectivity index (χ0n) is 10.9. The van der Waals surface area contributed by atoms with Crippen LogP contribution in [0.1, 0.15) is 12.8 Å². The minimum absolute atomic E-state index is 0. The Labute approximate surface area is 123 Å². The second kappa shape index (κ2) is 8.51. The van der Waals surface area contributed by atoms with Crippen LogP contribution < -0.4 is 0 Å². The Morgan fingerprint density at radius 1 is 1.05 bits per heavy atom. The van der Waals surface area contributed by atoms with E-state index < -0.39 is 5.97 Å². The van der Waals surface area contributed by atoms with E-state index in [1.807, 2.05) is 24.3 Å². The maximum absolute atomic E-state index is 11.2. The standard InChI is InChI=1S/C8H11NO.C6H6O2.Fe/c1-9(2)8(10)7-5-3-4-6-7;7-6(8)5-3-1-2-4-5;/h3-5H,6H2,1-2H3;1-3H,4H2,(H,7,8);. The van der Waals surface area contributed by atoms with Gasteiger partial charge in [0.1, 0.15) is 0 Å². The molecule has 2 rings (SSSR count). The number of hydrogen-bond donors (Lipinski definition) is 1. The van der Waals surface area contributed by atoms with Gasteiger partial charge in [-0.05, 0) is 12.8 Å². The fourth-order valence-electron chi connectivity index (χ4n) is 1.50. The van der Waals surface area contributed by atoms with Crippen molar-refractivity contribution in [3.05, 3.63) is 47.6 Å². The predicted octanol–water partition coefficient (Wildman–Crippen LogP) is 1.92. The van der Waals surface area contributed by atoms with E-state index in [0.717, 1.165) is 12.0 Å². The summed E-state index contributed by atoms with van der Waals surface area (Å²) in [5.41, 5.74) is 1.36. The molecule has 0 spiro atoms. The van der Waals surface area contributed by atoms with Crippen LogP contribution in [0, 0.1) is 0 Å². The van der Waals surface area contributed by atoms with Gasteiger partial charge < -0.3 is 10.0 Å². The van der Waals surface area contributed by atoms with Gasteiger partial charge in [0.05, 0.1) is 0 Å². The SMILES string of the molecule is CN(C)C(=O)C1=CC=CC1.O=C(O)C1=CC=CC1.[Fe]. The molecule has 0 saturated carbocycles. The van der Waals surface area contributed by atoms with E-state index in [0.29, 0.717) is 12.0 Å². The first kappa shape index (κ1) is 17.4. The number of rotatable bonds is 2. The van der Waals surface area contributed by atoms with Gasteiger partial charge in [0.2, 0.25) is 5.91 Å². The van der Waals surface area contributed by atoms with Crippen LogP contribution in [-0.2, 0) is 26.7 Å². The van der Waals surface area contributed by atoms with Crippen LogP contribution >= 0.6 is 0 Å². The Kier molecular flexibility index (Phi) is 7.80. The summed E-state index contributed by atoms with van der Waals surface area (Å²) in [4.78, 5) is 22.9. The van der Waals surface area contributed by atoms with Gasteiger partial charge in [-0.1, -0.05) is 36.5 Å². The van der Waals surface area contributed by atoms with Gasteiger partial charge in [0.25, 0.3) is 0 Å². The summed E-state index contributed by atoms with van der Waals surface area (Å²) >= 11 is 0. The Hall–Kier alpha value is -1.58. The topological polar surface area (TPSA) is 57.6 Å². The summed E-state index contributed by atoms with van der Waals surface area (Å²) in [5, 5.41) is 8.30. The van der Waals surface area contributed by atoms with Gasteiger partial charge in [-0.3, -0.25) is 4.79 Å². The van der Waals surface area contributed by atoms with Crippen LogP contribution in [0.4, 0.5) is 0 Å². The first-order chi connectivity index (χ1) is 8.52. The van der Waals surface area contributed by atoms with Crippen molar-refractivity contribution in [2.24, 2.45) is 0 Å². The smallest absolute Gasteiger partial charge is 0.331 e. The number of nitrogens with zero attached hydrogens (tertiary/aromatic N) is 1. The molecule has 2 aliphatic carbocycles. The number of likely N-dealkylation sites (N-methyl/N-ethyl adjacent to an activating group) is 1. The van der Waals surface area contributed by atoms with Gasteiger partial charge in [-0.15, -0.1) is 0 Å². The van der Waals surface area contributed by atoms with E-state index in [2.05, 4.69) is 0 Å². The van der Waals surface area contributed by atoms with Crippen molar-refractivity contribution in [3.63, 3.8) is 0 Å². The number of amides is 1. The number of carboxylic acid groups (broad SMARTS) is 1. The van der Waals surface area contributed by atoms with Crippen LogP contribution in [0.2, 0.25) is 0 Å². The number of aliphatic carboxylic acids is 1. The molecular weight excluding hydrogens is 286 g/mol. The van der Waals surface area contributed by atoms with Crippen molar-refractivity contribution in [1.29, 1.82) is 0 Å². The number of hydrogen-bond acceptors (Lipinski definition) is 2. The van der Waals surface area contributed by atoms with Crippen molar-refractivity contribution in [1.82, 2.24) is 4.90 Å². The molecule has 0 aliphatic heterocycles. The molecular formula is C14H17FeNO3. The molecule has 0 saturated heterocycles. The van der Waals surface area contributed by atoms with Gasteiger partial charge in [-0.25, -0.2) is 4.79 Å². The van der Waals surface area contributed by atoms with Crippen LogP contribution in [-0.4, -0.2) is 36.0 Å². The Morgan fingerprint density at radius 3 is 1.79 bits per heavy atom. The van der Waals surface area contributed by atoms with Crippen LogP contribution in [0.25, 0.3) is 0 Å². The fraction of sp³-hybridized carbons (Fsp3) is 0.286. The molecule has 5 heteroatoms. The normalized spacial score (nSPS) is 14.8. The largest absolute Gasteiger partial charge is 0.478 e. The van der Waals surface area contributed by atoms with Gasteiger partial charge in [0, 0.05) is 42.3 Å². The molecule has 0 radical (unpaired) electrons. The molecule has 0 bridgehead atoms. The summed E-state index contributed by atoms with van der Waals surface area (Å²) in [6.07, 6.45) is 12.3. The minimum atomic E-state index is -0.810. The van der Waals surface area contributed by atoms with Crippen molar-refractivity contribution < 1.29 is 31.8 Å². The molecule has 4 nitrogen and oxygen atoms in total. The molecule has 0 fully saturated rings. The number of carboxylic acids is 1. The average molecular weight is 303 g/mol. The Balaban J connectivity index is 0.000000331. The molecule has 0 unspecified atom stereocenters. The summed E-state index contributed by atoms with van der Waals surface area (Å²) < 4.78 is 0. The molecule has 0 aromatic carbocycles. The van der Waals surface area contributed by atoms with Gasteiger partial charge >= 0.3 is 5.97 Å². The van der Waals surface area contributed by atoms with Gasteiger partial charge in [-0.2, -0.15) is 0 Å². The quantitative estimate of drug-likeness (QED) is 0.793. The first-order valence-corrected chi connectivity index (χ1v) is 5.68. The summed E-state index contributed by atoms with van der Waals surface area (Å²) in [7, 11) is 3.53. The third kappa shape index (κ3) is 5.73. The third-order valence-electron chi connectivity index (χ3n) is 2.50. The molecule has 1 amide bonds. The zero-order valence-corrected chi connectivity index (χ0v) is 12.0. The Morgan fingerprint density at radius 2 is 1.53 bits per heavy atom. The van der Waals surface area contributed by atoms with E-state index >= 15 is 0 Å². The van der Waals surface area contributed by atoms with E-state index in [4.69, 9.17) is 5.11 Å². The fourth-order valence-corrected chi connectivity index (χ4v) is 1.50. The predicted molar refractivity (Wildman–Crippen MR) is 70.0 cm³/mol. The van der Waals surface area contributed by atoms with Crippen LogP contribution in [0.3, 0.4) is 0 Å². The number of carbonyl (C=O) groups excluding carboxylic acids is 1. The van der Waals surface area contributed by atoms with E-state index in [1.165, 1.54) is 0 Å². The van der Waals surface area contributed by atoms with E-state index in [9.17, 15) is 9.59 Å². The molecule has 19 heavy (non-hydrogen) atoms. The minimum Gasteiger partial charge on any atom is -0.478 e. The second-order valence-electron chi connectivity index (χ2n) is 4.15. The summed E-state index contributed by atoms with van der Waals surface area (Å²) in [5.74, 6) is -0.694. The number of allylic oxidation sites excluding steroid dienone is 6. The van der Waals surface area contributed by atoms with Gasteiger partial charge in [0.15, 0.2) is 0 Å². The molecule has 104 valence electrons. The van der Waals surface area contributed by atoms with Crippen molar-refractivity contribution in [2.75, 3.05) is 14.1 Å². The maximum Gasteiger partial charge on any atom is 0.331 e. The molecule has 0 atom stereocenters. The molecule has 0 aromatic rings. The van der Waals surface area contributed by atoms with E-state index in [-0.39, 0.29) is 23.0 Å². The molecule has 1 N–H and O–H groups in total. The van der Waals surface area contributed by atoms with Crippen LogP contribution in [0.5, 0.6) is 0 Å². The summed E-state index contributed by atoms with van der Waals surface area (Å²) in [6.45, 7) is 0. The number of carbonyl (C=O) groups is 2. The molecule has 0 aromatic heterocycles. The van der Waals surface area contributed by atoms with Crippen molar-refractivity contribution in [2.45, 2.75) is 12.8 Å². The second-order valence-corrected chi connectivity index (χ2v) is 4.15. The first-order valence-electron chi connectivity index (χ1n) is 5.68. The third-order valence-corrected chi connectivity index (χ3v) is 2.50. The monoisotopic (exact) mass is 303 g/mol. The summed E-state index contributed by atoms with van der Waals surface area (Å²) in [6, 6.07) is 0. The molecule has 0 heterocycles. The maximum atomic E-state index is 11.2. The van der Waals surface area contributed by atoms with Crippen LogP contribution in [0.15, 0.2) is 47.6 Å². The van der Waals surface area contributed by atoms with Crippen molar-refractivity contribution >= 4 is 11.9 Å². The van der Waals surface area contributed by atoms with E-state index in [1.54, 1.807) is 31.1 Å². The zero-order chi connectivity index (χ0) is 13.5. The van der Waals surface area contributed by atoms with Crippen molar-refractivity contribution in [3.8, 4) is 0 Å². The average Bonchev–Trinajstić information content (AvgIpc) is 3.02.